The summed E-state index contributed by atoms with van der Waals surface area (Å²) in [7, 11) is 4.22. The molecule has 1 N–H and O–H groups in total. The maximum absolute atomic E-state index is 4.48. The predicted molar refractivity (Wildman–Crippen MR) is 98.5 cm³/mol. The van der Waals surface area contributed by atoms with Gasteiger partial charge >= 0.3 is 0 Å². The van der Waals surface area contributed by atoms with Gasteiger partial charge in [0.1, 0.15) is 5.52 Å². The molecule has 0 aliphatic rings. The molecule has 2 aromatic heterocycles. The Balaban J connectivity index is 1.80. The van der Waals surface area contributed by atoms with Crippen LogP contribution in [0.5, 0.6) is 0 Å². The lowest BCUT2D eigenvalue weighted by Crippen LogP contribution is -2.27. The minimum absolute atomic E-state index is 0.280. The van der Waals surface area contributed by atoms with Crippen LogP contribution in [0.1, 0.15) is 29.8 Å². The number of benzene rings is 1. The fourth-order valence-corrected chi connectivity index (χ4v) is 2.95. The van der Waals surface area contributed by atoms with E-state index in [-0.39, 0.29) is 6.04 Å². The van der Waals surface area contributed by atoms with Gasteiger partial charge in [-0.15, -0.1) is 0 Å². The maximum atomic E-state index is 4.48. The number of aryl methyl sites for hydroxylation is 2. The van der Waals surface area contributed by atoms with Crippen molar-refractivity contribution in [2.75, 3.05) is 26.0 Å². The average Bonchev–Trinajstić information content (AvgIpc) is 2.96. The molecule has 0 aliphatic heterocycles. The topological polar surface area (TPSA) is 45.5 Å². The maximum Gasteiger partial charge on any atom is 0.152 e. The predicted octanol–water partition coefficient (Wildman–Crippen LogP) is 3.31. The minimum atomic E-state index is 0.280. The largest absolute Gasteiger partial charge is 0.366 e. The van der Waals surface area contributed by atoms with Crippen LogP contribution < -0.4 is 5.32 Å². The van der Waals surface area contributed by atoms with Crippen LogP contribution in [0.25, 0.3) is 5.52 Å². The third-order valence-electron chi connectivity index (χ3n) is 4.37. The standard InChI is InChI=1S/C19H25N5/c1-5-15-6-8-16(9-7-15)18(23(3)4)13-21-19-17-12-14(2)22-24(17)11-10-20-19/h6-12,18H,5,13H2,1-4H3,(H,20,21). The van der Waals surface area contributed by atoms with Crippen molar-refractivity contribution in [3.8, 4) is 0 Å². The van der Waals surface area contributed by atoms with Crippen LogP contribution in [-0.2, 0) is 6.42 Å². The molecule has 24 heavy (non-hydrogen) atoms. The molecule has 0 fully saturated rings. The van der Waals surface area contributed by atoms with Crippen LogP contribution in [0.2, 0.25) is 0 Å². The Hall–Kier alpha value is -2.40. The second-order valence-corrected chi connectivity index (χ2v) is 6.35. The summed E-state index contributed by atoms with van der Waals surface area (Å²) in [6, 6.07) is 11.2. The first kappa shape index (κ1) is 16.5. The van der Waals surface area contributed by atoms with Crippen LogP contribution in [0, 0.1) is 6.92 Å². The monoisotopic (exact) mass is 323 g/mol. The molecule has 0 saturated carbocycles. The molecule has 3 aromatic rings. The number of anilines is 1. The van der Waals surface area contributed by atoms with Gasteiger partial charge in [-0.2, -0.15) is 5.10 Å². The molecule has 0 bridgehead atoms. The number of hydrogen-bond acceptors (Lipinski definition) is 4. The molecular weight excluding hydrogens is 298 g/mol. The lowest BCUT2D eigenvalue weighted by atomic mass is 10.0. The van der Waals surface area contributed by atoms with Crippen LogP contribution in [0.3, 0.4) is 0 Å². The van der Waals surface area contributed by atoms with Gasteiger partial charge in [-0.25, -0.2) is 9.50 Å². The van der Waals surface area contributed by atoms with E-state index in [1.165, 1.54) is 11.1 Å². The summed E-state index contributed by atoms with van der Waals surface area (Å²) in [5.41, 5.74) is 4.67. The summed E-state index contributed by atoms with van der Waals surface area (Å²) in [6.07, 6.45) is 4.72. The van der Waals surface area contributed by atoms with Gasteiger partial charge in [-0.3, -0.25) is 0 Å². The summed E-state index contributed by atoms with van der Waals surface area (Å²) >= 11 is 0. The molecular formula is C19H25N5. The summed E-state index contributed by atoms with van der Waals surface area (Å²) in [5.74, 6) is 0.870. The van der Waals surface area contributed by atoms with Crippen LogP contribution in [0.4, 0.5) is 5.82 Å². The Labute approximate surface area is 143 Å². The fourth-order valence-electron chi connectivity index (χ4n) is 2.95. The molecule has 0 amide bonds. The first-order valence-corrected chi connectivity index (χ1v) is 8.38. The van der Waals surface area contributed by atoms with Crippen molar-refractivity contribution in [1.29, 1.82) is 0 Å². The third kappa shape index (κ3) is 3.41. The zero-order valence-corrected chi connectivity index (χ0v) is 14.8. The Morgan fingerprint density at radius 3 is 2.62 bits per heavy atom. The number of nitrogens with one attached hydrogen (secondary N) is 1. The molecule has 0 saturated heterocycles. The summed E-state index contributed by atoms with van der Waals surface area (Å²) in [5, 5.41) is 7.94. The van der Waals surface area contributed by atoms with Crippen LogP contribution >= 0.6 is 0 Å². The molecule has 0 spiro atoms. The zero-order chi connectivity index (χ0) is 17.1. The lowest BCUT2D eigenvalue weighted by molar-refractivity contribution is 0.311. The van der Waals surface area contributed by atoms with Gasteiger partial charge in [0.05, 0.1) is 11.7 Å². The Kier molecular flexibility index (Phi) is 4.81. The van der Waals surface area contributed by atoms with E-state index in [1.54, 1.807) is 6.20 Å². The van der Waals surface area contributed by atoms with Crippen molar-refractivity contribution in [3.63, 3.8) is 0 Å². The highest BCUT2D eigenvalue weighted by atomic mass is 15.2. The molecule has 5 nitrogen and oxygen atoms in total. The van der Waals surface area contributed by atoms with Gasteiger partial charge in [0.15, 0.2) is 5.82 Å². The van der Waals surface area contributed by atoms with E-state index in [0.29, 0.717) is 0 Å². The number of nitrogens with zero attached hydrogens (tertiary/aromatic N) is 4. The van der Waals surface area contributed by atoms with E-state index in [4.69, 9.17) is 0 Å². The van der Waals surface area contributed by atoms with Gasteiger partial charge < -0.3 is 10.2 Å². The average molecular weight is 323 g/mol. The summed E-state index contributed by atoms with van der Waals surface area (Å²) in [6.45, 7) is 4.96. The Morgan fingerprint density at radius 1 is 1.21 bits per heavy atom. The highest BCUT2D eigenvalue weighted by molar-refractivity contribution is 5.67. The number of likely N-dealkylation sites (N-methyl/N-ethyl adjacent to an activating group) is 1. The van der Waals surface area contributed by atoms with Crippen molar-refractivity contribution >= 4 is 11.3 Å². The molecule has 1 unspecified atom stereocenters. The van der Waals surface area contributed by atoms with Crippen molar-refractivity contribution in [3.05, 3.63) is 59.5 Å². The molecule has 0 aliphatic carbocycles. The van der Waals surface area contributed by atoms with E-state index in [2.05, 4.69) is 71.7 Å². The van der Waals surface area contributed by atoms with Gasteiger partial charge in [-0.05, 0) is 44.6 Å². The number of rotatable bonds is 6. The highest BCUT2D eigenvalue weighted by Gasteiger charge is 2.15. The van der Waals surface area contributed by atoms with Crippen LogP contribution in [-0.4, -0.2) is 40.1 Å². The van der Waals surface area contributed by atoms with E-state index in [0.717, 1.165) is 30.0 Å². The smallest absolute Gasteiger partial charge is 0.152 e. The number of hydrogen-bond donors (Lipinski definition) is 1. The Morgan fingerprint density at radius 2 is 1.96 bits per heavy atom. The number of aromatic nitrogens is 3. The summed E-state index contributed by atoms with van der Waals surface area (Å²) < 4.78 is 1.87. The fraction of sp³-hybridized carbons (Fsp3) is 0.368. The SMILES string of the molecule is CCc1ccc(C(CNc2nccn3nc(C)cc23)N(C)C)cc1. The summed E-state index contributed by atoms with van der Waals surface area (Å²) in [4.78, 5) is 6.71. The first-order chi connectivity index (χ1) is 11.6. The van der Waals surface area contributed by atoms with Crippen LogP contribution in [0.15, 0.2) is 42.7 Å². The number of fused-ring (bicyclic) bond motifs is 1. The zero-order valence-electron chi connectivity index (χ0n) is 14.8. The quantitative estimate of drug-likeness (QED) is 0.756. The molecule has 3 rings (SSSR count). The third-order valence-corrected chi connectivity index (χ3v) is 4.37. The van der Waals surface area contributed by atoms with Crippen molar-refractivity contribution in [1.82, 2.24) is 19.5 Å². The second kappa shape index (κ2) is 7.01. The Bertz CT molecular complexity index is 804. The van der Waals surface area contributed by atoms with E-state index in [1.807, 2.05) is 17.6 Å². The lowest BCUT2D eigenvalue weighted by Gasteiger charge is -2.25. The minimum Gasteiger partial charge on any atom is -0.366 e. The molecule has 0 radical (unpaired) electrons. The molecule has 1 aromatic carbocycles. The van der Waals surface area contributed by atoms with Crippen molar-refractivity contribution in [2.24, 2.45) is 0 Å². The van der Waals surface area contributed by atoms with E-state index < -0.39 is 0 Å². The highest BCUT2D eigenvalue weighted by Crippen LogP contribution is 2.21. The normalized spacial score (nSPS) is 12.7. The van der Waals surface area contributed by atoms with Crippen molar-refractivity contribution in [2.45, 2.75) is 26.3 Å². The first-order valence-electron chi connectivity index (χ1n) is 8.38. The van der Waals surface area contributed by atoms with Gasteiger partial charge in [0.25, 0.3) is 0 Å². The van der Waals surface area contributed by atoms with Crippen molar-refractivity contribution < 1.29 is 0 Å². The van der Waals surface area contributed by atoms with E-state index in [9.17, 15) is 0 Å². The van der Waals surface area contributed by atoms with E-state index >= 15 is 0 Å². The molecule has 126 valence electrons. The van der Waals surface area contributed by atoms with Gasteiger partial charge in [-0.1, -0.05) is 31.2 Å². The molecule has 1 atom stereocenters. The second-order valence-electron chi connectivity index (χ2n) is 6.35. The van der Waals surface area contributed by atoms with Gasteiger partial charge in [0.2, 0.25) is 0 Å². The van der Waals surface area contributed by atoms with Gasteiger partial charge in [0, 0.05) is 18.9 Å². The molecule has 2 heterocycles. The molecule has 5 heteroatoms.